The SMILES string of the molecule is COc1cc(-c2ccc(C(=O)N[C@@H]3CS(=O)(=O)C[C@H]3OC)cc2)c(N)nc1C. The van der Waals surface area contributed by atoms with E-state index >= 15 is 0 Å². The zero-order valence-corrected chi connectivity index (χ0v) is 16.7. The molecule has 1 aromatic heterocycles. The maximum Gasteiger partial charge on any atom is 0.251 e. The smallest absolute Gasteiger partial charge is 0.251 e. The van der Waals surface area contributed by atoms with Crippen molar-refractivity contribution in [2.24, 2.45) is 0 Å². The minimum absolute atomic E-state index is 0.0884. The van der Waals surface area contributed by atoms with E-state index in [4.69, 9.17) is 15.2 Å². The number of carbonyl (C=O) groups is 1. The number of nitrogens with one attached hydrogen (secondary N) is 1. The second-order valence-corrected chi connectivity index (χ2v) is 8.87. The number of aryl methyl sites for hydroxylation is 1. The molecular weight excluding hydrogens is 382 g/mol. The third-order valence-electron chi connectivity index (χ3n) is 4.79. The van der Waals surface area contributed by atoms with Crippen LogP contribution >= 0.6 is 0 Å². The molecular formula is C19H23N3O5S. The van der Waals surface area contributed by atoms with E-state index in [0.29, 0.717) is 28.4 Å². The molecule has 3 rings (SSSR count). The van der Waals surface area contributed by atoms with E-state index in [0.717, 1.165) is 5.56 Å². The monoisotopic (exact) mass is 405 g/mol. The van der Waals surface area contributed by atoms with Crippen molar-refractivity contribution >= 4 is 21.6 Å². The average Bonchev–Trinajstić information content (AvgIpc) is 2.95. The highest BCUT2D eigenvalue weighted by Crippen LogP contribution is 2.30. The first-order valence-electron chi connectivity index (χ1n) is 8.69. The van der Waals surface area contributed by atoms with Crippen molar-refractivity contribution in [2.75, 3.05) is 31.5 Å². The number of nitrogens with zero attached hydrogens (tertiary/aromatic N) is 1. The second-order valence-electron chi connectivity index (χ2n) is 6.72. The number of amides is 1. The number of sulfone groups is 1. The number of aromatic nitrogens is 1. The van der Waals surface area contributed by atoms with Crippen LogP contribution in [-0.4, -0.2) is 57.2 Å². The van der Waals surface area contributed by atoms with Crippen LogP contribution in [0.4, 0.5) is 5.82 Å². The molecule has 1 saturated heterocycles. The molecule has 8 nitrogen and oxygen atoms in total. The summed E-state index contributed by atoms with van der Waals surface area (Å²) < 4.78 is 34.0. The van der Waals surface area contributed by atoms with Gasteiger partial charge in [-0.3, -0.25) is 4.79 Å². The first kappa shape index (κ1) is 20.1. The van der Waals surface area contributed by atoms with Crippen molar-refractivity contribution in [3.05, 3.63) is 41.6 Å². The van der Waals surface area contributed by atoms with E-state index in [1.165, 1.54) is 7.11 Å². The Morgan fingerprint density at radius 1 is 1.21 bits per heavy atom. The zero-order valence-electron chi connectivity index (χ0n) is 15.9. The largest absolute Gasteiger partial charge is 0.495 e. The highest BCUT2D eigenvalue weighted by Gasteiger charge is 2.38. The molecule has 0 bridgehead atoms. The minimum atomic E-state index is -3.21. The molecule has 2 aromatic rings. The van der Waals surface area contributed by atoms with Crippen LogP contribution in [0, 0.1) is 6.92 Å². The Balaban J connectivity index is 1.79. The quantitative estimate of drug-likeness (QED) is 0.766. The Hall–Kier alpha value is -2.65. The summed E-state index contributed by atoms with van der Waals surface area (Å²) in [5.41, 5.74) is 8.62. The van der Waals surface area contributed by atoms with Crippen LogP contribution in [0.3, 0.4) is 0 Å². The molecule has 1 aromatic carbocycles. The Labute approximate surface area is 164 Å². The molecule has 1 fully saturated rings. The van der Waals surface area contributed by atoms with Crippen LogP contribution in [0.1, 0.15) is 16.1 Å². The third-order valence-corrected chi connectivity index (χ3v) is 6.50. The summed E-state index contributed by atoms with van der Waals surface area (Å²) in [5, 5.41) is 2.75. The number of nitrogens with two attached hydrogens (primary N) is 1. The number of ether oxygens (including phenoxy) is 2. The van der Waals surface area contributed by atoms with E-state index in [-0.39, 0.29) is 17.4 Å². The minimum Gasteiger partial charge on any atom is -0.495 e. The molecule has 9 heteroatoms. The predicted octanol–water partition coefficient (Wildman–Crippen LogP) is 1.19. The van der Waals surface area contributed by atoms with Crippen molar-refractivity contribution in [3.63, 3.8) is 0 Å². The van der Waals surface area contributed by atoms with E-state index in [1.807, 2.05) is 6.92 Å². The Morgan fingerprint density at radius 3 is 2.50 bits per heavy atom. The van der Waals surface area contributed by atoms with E-state index in [1.54, 1.807) is 37.4 Å². The first-order chi connectivity index (χ1) is 13.2. The number of anilines is 1. The van der Waals surface area contributed by atoms with E-state index < -0.39 is 22.0 Å². The second kappa shape index (κ2) is 7.76. The van der Waals surface area contributed by atoms with Gasteiger partial charge in [0.15, 0.2) is 9.84 Å². The van der Waals surface area contributed by atoms with Crippen LogP contribution in [0.15, 0.2) is 30.3 Å². The van der Waals surface area contributed by atoms with Gasteiger partial charge in [-0.05, 0) is 30.7 Å². The summed E-state index contributed by atoms with van der Waals surface area (Å²) in [7, 11) is -0.213. The number of hydrogen-bond acceptors (Lipinski definition) is 7. The lowest BCUT2D eigenvalue weighted by Crippen LogP contribution is -2.43. The van der Waals surface area contributed by atoms with Gasteiger partial charge in [-0.25, -0.2) is 13.4 Å². The fourth-order valence-corrected chi connectivity index (χ4v) is 5.13. The van der Waals surface area contributed by atoms with Crippen LogP contribution in [-0.2, 0) is 14.6 Å². The highest BCUT2D eigenvalue weighted by atomic mass is 32.2. The highest BCUT2D eigenvalue weighted by molar-refractivity contribution is 7.91. The van der Waals surface area contributed by atoms with Gasteiger partial charge in [-0.15, -0.1) is 0 Å². The van der Waals surface area contributed by atoms with E-state index in [2.05, 4.69) is 10.3 Å². The number of benzene rings is 1. The van der Waals surface area contributed by atoms with Crippen LogP contribution in [0.25, 0.3) is 11.1 Å². The number of pyridine rings is 1. The Bertz CT molecular complexity index is 989. The number of carbonyl (C=O) groups excluding carboxylic acids is 1. The summed E-state index contributed by atoms with van der Waals surface area (Å²) >= 11 is 0. The fraction of sp³-hybridized carbons (Fsp3) is 0.368. The lowest BCUT2D eigenvalue weighted by Gasteiger charge is -2.18. The number of hydrogen-bond donors (Lipinski definition) is 2. The van der Waals surface area contributed by atoms with E-state index in [9.17, 15) is 13.2 Å². The average molecular weight is 405 g/mol. The molecule has 0 saturated carbocycles. The summed E-state index contributed by atoms with van der Waals surface area (Å²) in [6.45, 7) is 1.81. The van der Waals surface area contributed by atoms with Crippen molar-refractivity contribution in [1.82, 2.24) is 10.3 Å². The zero-order chi connectivity index (χ0) is 20.5. The number of methoxy groups -OCH3 is 2. The molecule has 0 radical (unpaired) electrons. The molecule has 28 heavy (non-hydrogen) atoms. The molecule has 1 amide bonds. The summed E-state index contributed by atoms with van der Waals surface area (Å²) in [5.74, 6) is 0.423. The lowest BCUT2D eigenvalue weighted by molar-refractivity contribution is 0.0786. The van der Waals surface area contributed by atoms with Gasteiger partial charge in [0.05, 0.1) is 36.5 Å². The summed E-state index contributed by atoms with van der Waals surface area (Å²) in [6.07, 6.45) is -0.542. The lowest BCUT2D eigenvalue weighted by atomic mass is 10.0. The first-order valence-corrected chi connectivity index (χ1v) is 10.5. The van der Waals surface area contributed by atoms with Gasteiger partial charge in [0.25, 0.3) is 5.91 Å². The molecule has 2 heterocycles. The Morgan fingerprint density at radius 2 is 1.89 bits per heavy atom. The van der Waals surface area contributed by atoms with Gasteiger partial charge in [0, 0.05) is 18.2 Å². The third kappa shape index (κ3) is 4.10. The molecule has 0 spiro atoms. The van der Waals surface area contributed by atoms with Gasteiger partial charge < -0.3 is 20.5 Å². The van der Waals surface area contributed by atoms with Gasteiger partial charge in [-0.2, -0.15) is 0 Å². The van der Waals surface area contributed by atoms with Crippen molar-refractivity contribution in [2.45, 2.75) is 19.1 Å². The van der Waals surface area contributed by atoms with Crippen LogP contribution in [0.2, 0.25) is 0 Å². The van der Waals surface area contributed by atoms with Crippen molar-refractivity contribution < 1.29 is 22.7 Å². The van der Waals surface area contributed by atoms with Crippen molar-refractivity contribution in [3.8, 4) is 16.9 Å². The normalized spacial score (nSPS) is 20.7. The van der Waals surface area contributed by atoms with Gasteiger partial charge >= 0.3 is 0 Å². The molecule has 0 unspecified atom stereocenters. The molecule has 3 N–H and O–H groups in total. The maximum atomic E-state index is 12.5. The number of rotatable bonds is 5. The van der Waals surface area contributed by atoms with Gasteiger partial charge in [0.2, 0.25) is 0 Å². The van der Waals surface area contributed by atoms with Gasteiger partial charge in [-0.1, -0.05) is 12.1 Å². The number of nitrogen functional groups attached to an aromatic ring is 1. The van der Waals surface area contributed by atoms with Crippen LogP contribution in [0.5, 0.6) is 5.75 Å². The Kier molecular flexibility index (Phi) is 5.57. The predicted molar refractivity (Wildman–Crippen MR) is 106 cm³/mol. The summed E-state index contributed by atoms with van der Waals surface area (Å²) in [4.78, 5) is 16.8. The fourth-order valence-electron chi connectivity index (χ4n) is 3.28. The topological polar surface area (TPSA) is 121 Å². The van der Waals surface area contributed by atoms with Gasteiger partial charge in [0.1, 0.15) is 11.6 Å². The summed E-state index contributed by atoms with van der Waals surface area (Å²) in [6, 6.07) is 8.07. The molecule has 1 aliphatic rings. The molecule has 150 valence electrons. The van der Waals surface area contributed by atoms with Crippen molar-refractivity contribution in [1.29, 1.82) is 0 Å². The maximum absolute atomic E-state index is 12.5. The molecule has 2 atom stereocenters. The molecule has 1 aliphatic heterocycles. The standard InChI is InChI=1S/C19H23N3O5S/c1-11-16(26-2)8-14(18(20)21-11)12-4-6-13(7-5-12)19(23)22-15-9-28(24,25)10-17(15)27-3/h4-8,15,17H,9-10H2,1-3H3,(H2,20,21)(H,22,23)/t15-,17-/m1/s1. The van der Waals surface area contributed by atoms with Crippen LogP contribution < -0.4 is 15.8 Å². The molecule has 0 aliphatic carbocycles.